The Kier molecular flexibility index (Phi) is 17.0. The van der Waals surface area contributed by atoms with Gasteiger partial charge in [-0.15, -0.1) is 24.0 Å². The van der Waals surface area contributed by atoms with Crippen LogP contribution in [0.15, 0.2) is 71.8 Å². The first-order valence-electron chi connectivity index (χ1n) is 11.6. The SMILES string of the molecule is CCc1ccc(C2=CC[C-]=C2C)cc1.CCc1ccc(C2=CC[C-]=C2C)cc1.C[Si](C)=[Hf+2].[Cl-].[Cl-]. The van der Waals surface area contributed by atoms with E-state index in [0.29, 0.717) is 0 Å². The standard InChI is InChI=1S/2C14H15.C2H6Si.2ClH.Hf/c2*1-3-12-7-9-13(10-8-12)14-6-4-5-11(14)2;1-3-2;;;/h2*6-10H,3-4H2,1-2H3;1-2H3;2*1H;/q2*-1;;;;+2/p-2. The predicted molar refractivity (Wildman–Crippen MR) is 139 cm³/mol. The molecule has 2 aromatic carbocycles. The summed E-state index contributed by atoms with van der Waals surface area (Å²) in [6, 6.07) is 17.7. The van der Waals surface area contributed by atoms with E-state index in [-0.39, 0.29) is 30.3 Å². The summed E-state index contributed by atoms with van der Waals surface area (Å²) in [5.41, 5.74) is 11.0. The van der Waals surface area contributed by atoms with Crippen molar-refractivity contribution in [1.29, 1.82) is 0 Å². The van der Waals surface area contributed by atoms with Crippen LogP contribution in [0.4, 0.5) is 0 Å². The summed E-state index contributed by atoms with van der Waals surface area (Å²) in [4.78, 5) is 0. The molecule has 2 aliphatic rings. The van der Waals surface area contributed by atoms with E-state index in [1.54, 1.807) is 0 Å². The van der Waals surface area contributed by atoms with Gasteiger partial charge in [0.05, 0.1) is 0 Å². The van der Waals surface area contributed by atoms with E-state index >= 15 is 0 Å². The molecule has 2 aromatic rings. The summed E-state index contributed by atoms with van der Waals surface area (Å²) in [7, 11) is 0. The largest absolute Gasteiger partial charge is 1.00 e. The Hall–Kier alpha value is -0.933. The third-order valence-electron chi connectivity index (χ3n) is 5.50. The summed E-state index contributed by atoms with van der Waals surface area (Å²) >= 11 is 1.45. The van der Waals surface area contributed by atoms with E-state index in [9.17, 15) is 0 Å². The van der Waals surface area contributed by atoms with Crippen molar-refractivity contribution in [2.24, 2.45) is 0 Å². The molecule has 2 aliphatic carbocycles. The molecule has 0 unspecified atom stereocenters. The fourth-order valence-electron chi connectivity index (χ4n) is 3.62. The summed E-state index contributed by atoms with van der Waals surface area (Å²) in [6.45, 7) is 13.3. The smallest absolute Gasteiger partial charge is 1.00 e. The fraction of sp³-hybridized carbons (Fsp3) is 0.333. The average molecular weight is 674 g/mol. The molecule has 4 heteroatoms. The van der Waals surface area contributed by atoms with Gasteiger partial charge in [-0.05, 0) is 24.0 Å². The molecule has 0 amide bonds. The van der Waals surface area contributed by atoms with Gasteiger partial charge in [-0.2, -0.15) is 23.3 Å². The molecular formula is C30H36Cl2HfSi-2. The van der Waals surface area contributed by atoms with Crippen LogP contribution in [0.2, 0.25) is 13.1 Å². The molecule has 0 radical (unpaired) electrons. The van der Waals surface area contributed by atoms with Crippen LogP contribution in [0.1, 0.15) is 62.8 Å². The molecule has 0 aromatic heterocycles. The number of halogens is 2. The average Bonchev–Trinajstić information content (AvgIpc) is 3.42. The maximum absolute atomic E-state index is 3.32. The van der Waals surface area contributed by atoms with Gasteiger partial charge in [-0.1, -0.05) is 76.2 Å². The second-order valence-corrected chi connectivity index (χ2v) is 21.1. The quantitative estimate of drug-likeness (QED) is 0.346. The molecule has 34 heavy (non-hydrogen) atoms. The molecule has 0 aliphatic heterocycles. The molecule has 0 heterocycles. The van der Waals surface area contributed by atoms with Crippen molar-refractivity contribution < 1.29 is 47.8 Å². The first-order chi connectivity index (χ1) is 15.3. The first-order valence-corrected chi connectivity index (χ1v) is 19.5. The minimum Gasteiger partial charge on any atom is -1.00 e. The van der Waals surface area contributed by atoms with Gasteiger partial charge in [0.25, 0.3) is 0 Å². The van der Waals surface area contributed by atoms with Crippen molar-refractivity contribution in [3.05, 3.63) is 106 Å². The molecule has 0 spiro atoms. The van der Waals surface area contributed by atoms with Gasteiger partial charge in [0.1, 0.15) is 0 Å². The molecule has 0 bridgehead atoms. The van der Waals surface area contributed by atoms with Crippen LogP contribution in [0.3, 0.4) is 0 Å². The van der Waals surface area contributed by atoms with E-state index in [0.717, 1.165) is 25.7 Å². The van der Waals surface area contributed by atoms with E-state index in [1.807, 2.05) is 0 Å². The van der Waals surface area contributed by atoms with Gasteiger partial charge < -0.3 is 24.8 Å². The van der Waals surface area contributed by atoms with Gasteiger partial charge in [0, 0.05) is 0 Å². The summed E-state index contributed by atoms with van der Waals surface area (Å²) in [5.74, 6) is 0. The van der Waals surface area contributed by atoms with Crippen molar-refractivity contribution in [2.45, 2.75) is 66.5 Å². The Morgan fingerprint density at radius 3 is 1.18 bits per heavy atom. The zero-order valence-electron chi connectivity index (χ0n) is 21.4. The van der Waals surface area contributed by atoms with Gasteiger partial charge in [0.15, 0.2) is 0 Å². The monoisotopic (exact) mass is 674 g/mol. The van der Waals surface area contributed by atoms with E-state index in [4.69, 9.17) is 0 Å². The second-order valence-electron chi connectivity index (χ2n) is 8.35. The van der Waals surface area contributed by atoms with Crippen LogP contribution < -0.4 is 24.8 Å². The van der Waals surface area contributed by atoms with Crippen molar-refractivity contribution >= 4 is 16.6 Å². The van der Waals surface area contributed by atoms with Crippen molar-refractivity contribution in [1.82, 2.24) is 0 Å². The maximum atomic E-state index is 3.32. The number of benzene rings is 2. The minimum absolute atomic E-state index is 0. The molecule has 0 saturated heterocycles. The molecule has 4 rings (SSSR count). The van der Waals surface area contributed by atoms with E-state index in [1.165, 1.54) is 67.5 Å². The molecule has 0 nitrogen and oxygen atoms in total. The van der Waals surface area contributed by atoms with Crippen molar-refractivity contribution in [2.75, 3.05) is 0 Å². The van der Waals surface area contributed by atoms with Crippen LogP contribution >= 0.6 is 0 Å². The van der Waals surface area contributed by atoms with Crippen LogP contribution in [0.25, 0.3) is 11.1 Å². The molecule has 0 fully saturated rings. The topological polar surface area (TPSA) is 0 Å². The van der Waals surface area contributed by atoms with Crippen LogP contribution in [-0.4, -0.2) is 5.49 Å². The Balaban J connectivity index is 0.000000528. The number of hydrogen-bond acceptors (Lipinski definition) is 0. The normalized spacial score (nSPS) is 13.4. The fourth-order valence-corrected chi connectivity index (χ4v) is 3.62. The third-order valence-corrected chi connectivity index (χ3v) is 5.50. The summed E-state index contributed by atoms with van der Waals surface area (Å²) in [6.07, 6.45) is 15.3. The number of rotatable bonds is 4. The van der Waals surface area contributed by atoms with Crippen LogP contribution in [0, 0.1) is 12.2 Å². The second kappa shape index (κ2) is 17.5. The number of allylic oxidation sites excluding steroid dienone is 8. The molecule has 0 atom stereocenters. The van der Waals surface area contributed by atoms with Gasteiger partial charge in [-0.25, -0.2) is 11.1 Å². The van der Waals surface area contributed by atoms with Crippen LogP contribution in [0.5, 0.6) is 0 Å². The van der Waals surface area contributed by atoms with E-state index < -0.39 is 0 Å². The Labute approximate surface area is 235 Å². The van der Waals surface area contributed by atoms with Crippen molar-refractivity contribution in [3.63, 3.8) is 0 Å². The van der Waals surface area contributed by atoms with Gasteiger partial charge >= 0.3 is 41.6 Å². The summed E-state index contributed by atoms with van der Waals surface area (Å²) in [5, 5.41) is 0. The Morgan fingerprint density at radius 1 is 0.676 bits per heavy atom. The Bertz CT molecular complexity index is 943. The first kappa shape index (κ1) is 33.1. The number of aryl methyl sites for hydroxylation is 2. The molecule has 0 N–H and O–H groups in total. The Morgan fingerprint density at radius 2 is 0.971 bits per heavy atom. The maximum Gasteiger partial charge on any atom is -1.00 e. The molecule has 180 valence electrons. The zero-order valence-corrected chi connectivity index (χ0v) is 27.5. The zero-order chi connectivity index (χ0) is 23.5. The third kappa shape index (κ3) is 10.8. The summed E-state index contributed by atoms with van der Waals surface area (Å²) < 4.78 is 0. The van der Waals surface area contributed by atoms with Crippen LogP contribution in [-0.2, 0) is 35.8 Å². The van der Waals surface area contributed by atoms with Crippen molar-refractivity contribution in [3.8, 4) is 0 Å². The number of hydrogen-bond donors (Lipinski definition) is 0. The van der Waals surface area contributed by atoms with Gasteiger partial charge in [-0.3, -0.25) is 12.2 Å². The minimum atomic E-state index is 0. The predicted octanol–water partition coefficient (Wildman–Crippen LogP) is 2.36. The van der Waals surface area contributed by atoms with Gasteiger partial charge in [0.2, 0.25) is 0 Å². The molecular weight excluding hydrogens is 638 g/mol. The molecule has 0 saturated carbocycles. The van der Waals surface area contributed by atoms with E-state index in [2.05, 4.69) is 114 Å².